The van der Waals surface area contributed by atoms with E-state index in [1.807, 2.05) is 49.4 Å². The monoisotopic (exact) mass is 486 g/mol. The van der Waals surface area contributed by atoms with Crippen molar-refractivity contribution in [3.05, 3.63) is 101 Å². The third-order valence-corrected chi connectivity index (χ3v) is 7.18. The quantitative estimate of drug-likeness (QED) is 0.369. The summed E-state index contributed by atoms with van der Waals surface area (Å²) in [5.74, 6) is 1.07. The van der Waals surface area contributed by atoms with E-state index >= 15 is 0 Å². The van der Waals surface area contributed by atoms with Crippen LogP contribution >= 0.6 is 11.6 Å². The first-order valence-electron chi connectivity index (χ1n) is 10.5. The first-order chi connectivity index (χ1) is 15.8. The molecule has 0 N–H and O–H groups in total. The summed E-state index contributed by atoms with van der Waals surface area (Å²) in [6.45, 7) is 5.85. The predicted octanol–water partition coefficient (Wildman–Crippen LogP) is 4.69. The first kappa shape index (κ1) is 24.8. The molecule has 0 aliphatic carbocycles. The van der Waals surface area contributed by atoms with E-state index in [-0.39, 0.29) is 30.4 Å². The molecular formula is C25H27ClN2O4S. The lowest BCUT2D eigenvalue weighted by molar-refractivity contribution is -0.132. The lowest BCUT2D eigenvalue weighted by Gasteiger charge is -2.26. The van der Waals surface area contributed by atoms with Gasteiger partial charge in [0, 0.05) is 18.1 Å². The Bertz CT molecular complexity index is 1170. The number of hydrogen-bond acceptors (Lipinski definition) is 4. The third-order valence-electron chi connectivity index (χ3n) is 5.10. The highest BCUT2D eigenvalue weighted by Crippen LogP contribution is 2.19. The van der Waals surface area contributed by atoms with Gasteiger partial charge in [-0.05, 0) is 55.3 Å². The van der Waals surface area contributed by atoms with Crippen LogP contribution in [-0.2, 0) is 27.8 Å². The van der Waals surface area contributed by atoms with Crippen LogP contribution < -0.4 is 0 Å². The van der Waals surface area contributed by atoms with Crippen LogP contribution in [0.2, 0.25) is 5.02 Å². The van der Waals surface area contributed by atoms with Gasteiger partial charge in [0.2, 0.25) is 15.9 Å². The second-order valence-electron chi connectivity index (χ2n) is 7.60. The van der Waals surface area contributed by atoms with Crippen molar-refractivity contribution in [3.63, 3.8) is 0 Å². The van der Waals surface area contributed by atoms with Crippen molar-refractivity contribution in [2.75, 3.05) is 19.6 Å². The number of benzene rings is 2. The van der Waals surface area contributed by atoms with Crippen LogP contribution in [0.25, 0.3) is 0 Å². The van der Waals surface area contributed by atoms with Crippen molar-refractivity contribution in [1.82, 2.24) is 9.21 Å². The van der Waals surface area contributed by atoms with Crippen LogP contribution in [-0.4, -0.2) is 43.2 Å². The van der Waals surface area contributed by atoms with Crippen LogP contribution in [0.1, 0.15) is 17.1 Å². The Labute approximate surface area is 200 Å². The van der Waals surface area contributed by atoms with E-state index in [1.165, 1.54) is 30.3 Å². The topological polar surface area (TPSA) is 70.8 Å². The van der Waals surface area contributed by atoms with Gasteiger partial charge in [-0.25, -0.2) is 8.42 Å². The van der Waals surface area contributed by atoms with Gasteiger partial charge < -0.3 is 9.32 Å². The van der Waals surface area contributed by atoms with E-state index in [0.717, 1.165) is 15.6 Å². The number of aryl methyl sites for hydroxylation is 1. The molecule has 0 unspecified atom stereocenters. The van der Waals surface area contributed by atoms with E-state index in [2.05, 4.69) is 6.58 Å². The van der Waals surface area contributed by atoms with Gasteiger partial charge >= 0.3 is 0 Å². The van der Waals surface area contributed by atoms with Crippen molar-refractivity contribution in [3.8, 4) is 0 Å². The van der Waals surface area contributed by atoms with Crippen LogP contribution in [0, 0.1) is 6.92 Å². The molecule has 0 fully saturated rings. The zero-order valence-electron chi connectivity index (χ0n) is 18.5. The second kappa shape index (κ2) is 11.3. The Morgan fingerprint density at radius 3 is 2.36 bits per heavy atom. The number of carbonyl (C=O) groups excluding carboxylic acids is 1. The number of nitrogens with zero attached hydrogens (tertiary/aromatic N) is 2. The van der Waals surface area contributed by atoms with E-state index in [0.29, 0.717) is 23.7 Å². The maximum atomic E-state index is 13.3. The normalized spacial score (nSPS) is 11.5. The molecule has 1 aromatic heterocycles. The van der Waals surface area contributed by atoms with Gasteiger partial charge in [0.15, 0.2) is 0 Å². The lowest BCUT2D eigenvalue weighted by atomic mass is 10.1. The zero-order valence-corrected chi connectivity index (χ0v) is 20.1. The zero-order chi connectivity index (χ0) is 23.8. The maximum absolute atomic E-state index is 13.3. The number of halogens is 1. The molecule has 0 bridgehead atoms. The van der Waals surface area contributed by atoms with Crippen molar-refractivity contribution in [2.24, 2.45) is 0 Å². The highest BCUT2D eigenvalue weighted by atomic mass is 35.5. The fourth-order valence-corrected chi connectivity index (χ4v) is 4.84. The summed E-state index contributed by atoms with van der Waals surface area (Å²) in [4.78, 5) is 15.0. The van der Waals surface area contributed by atoms with Crippen molar-refractivity contribution in [1.29, 1.82) is 0 Å². The second-order valence-corrected chi connectivity index (χ2v) is 9.98. The number of hydrogen-bond donors (Lipinski definition) is 0. The molecule has 0 aliphatic rings. The smallest absolute Gasteiger partial charge is 0.243 e. The van der Waals surface area contributed by atoms with Gasteiger partial charge in [0.25, 0.3) is 0 Å². The van der Waals surface area contributed by atoms with Crippen LogP contribution in [0.4, 0.5) is 0 Å². The summed E-state index contributed by atoms with van der Waals surface area (Å²) in [6.07, 6.45) is 2.10. The number of carbonyl (C=O) groups is 1. The number of sulfonamides is 1. The maximum Gasteiger partial charge on any atom is 0.243 e. The van der Waals surface area contributed by atoms with Crippen molar-refractivity contribution in [2.45, 2.75) is 24.8 Å². The molecule has 8 heteroatoms. The highest BCUT2D eigenvalue weighted by molar-refractivity contribution is 7.89. The first-order valence-corrected chi connectivity index (χ1v) is 12.3. The molecule has 6 nitrogen and oxygen atoms in total. The van der Waals surface area contributed by atoms with Gasteiger partial charge in [0.1, 0.15) is 11.5 Å². The highest BCUT2D eigenvalue weighted by Gasteiger charge is 2.28. The van der Waals surface area contributed by atoms with Gasteiger partial charge in [-0.1, -0.05) is 48.0 Å². The average Bonchev–Trinajstić information content (AvgIpc) is 3.21. The van der Waals surface area contributed by atoms with E-state index < -0.39 is 10.0 Å². The minimum absolute atomic E-state index is 0.00306. The summed E-state index contributed by atoms with van der Waals surface area (Å²) >= 11 is 5.90. The molecule has 33 heavy (non-hydrogen) atoms. The summed E-state index contributed by atoms with van der Waals surface area (Å²) in [6, 6.07) is 19.4. The van der Waals surface area contributed by atoms with Gasteiger partial charge in [-0.15, -0.1) is 6.58 Å². The third kappa shape index (κ3) is 6.81. The molecular weight excluding hydrogens is 460 g/mol. The molecule has 0 aliphatic heterocycles. The molecule has 0 saturated heterocycles. The Hall–Kier alpha value is -2.87. The van der Waals surface area contributed by atoms with E-state index in [4.69, 9.17) is 16.0 Å². The Kier molecular flexibility index (Phi) is 8.49. The van der Waals surface area contributed by atoms with Gasteiger partial charge in [-0.2, -0.15) is 4.31 Å². The number of furan rings is 1. The van der Waals surface area contributed by atoms with E-state index in [9.17, 15) is 13.2 Å². The Morgan fingerprint density at radius 1 is 1.06 bits per heavy atom. The average molecular weight is 487 g/mol. The van der Waals surface area contributed by atoms with Crippen LogP contribution in [0.5, 0.6) is 0 Å². The van der Waals surface area contributed by atoms with Gasteiger partial charge in [-0.3, -0.25) is 4.79 Å². The van der Waals surface area contributed by atoms with Crippen molar-refractivity contribution >= 4 is 27.5 Å². The fourth-order valence-electron chi connectivity index (χ4n) is 3.36. The minimum atomic E-state index is -3.91. The van der Waals surface area contributed by atoms with E-state index in [1.54, 1.807) is 4.90 Å². The van der Waals surface area contributed by atoms with Gasteiger partial charge in [0.05, 0.1) is 18.0 Å². The molecule has 2 aromatic carbocycles. The minimum Gasteiger partial charge on any atom is -0.464 e. The predicted molar refractivity (Wildman–Crippen MR) is 129 cm³/mol. The summed E-state index contributed by atoms with van der Waals surface area (Å²) in [5.41, 5.74) is 1.09. The Morgan fingerprint density at radius 2 is 1.76 bits per heavy atom. The number of amides is 1. The molecule has 3 aromatic rings. The molecule has 0 radical (unpaired) electrons. The molecule has 0 atom stereocenters. The molecule has 0 spiro atoms. The SMILES string of the molecule is C=CCN(CC(=O)N(CCc1ccccc1)Cc1ccc(C)o1)S(=O)(=O)c1ccc(Cl)cc1. The fraction of sp³-hybridized carbons (Fsp3) is 0.240. The molecule has 1 heterocycles. The summed E-state index contributed by atoms with van der Waals surface area (Å²) < 4.78 is 33.1. The largest absolute Gasteiger partial charge is 0.464 e. The van der Waals surface area contributed by atoms with Crippen molar-refractivity contribution < 1.29 is 17.6 Å². The van der Waals surface area contributed by atoms with Crippen LogP contribution in [0.15, 0.2) is 88.7 Å². The summed E-state index contributed by atoms with van der Waals surface area (Å²) in [5, 5.41) is 0.432. The lowest BCUT2D eigenvalue weighted by Crippen LogP contribution is -2.43. The molecule has 0 saturated carbocycles. The number of rotatable bonds is 11. The molecule has 1 amide bonds. The Balaban J connectivity index is 1.80. The molecule has 3 rings (SSSR count). The standard InChI is InChI=1S/C25H27ClN2O4S/c1-3-16-28(33(30,31)24-13-10-22(26)11-14-24)19-25(29)27(18-23-12-9-20(2)32-23)17-15-21-7-5-4-6-8-21/h3-14H,1,15-19H2,2H3. The summed E-state index contributed by atoms with van der Waals surface area (Å²) in [7, 11) is -3.91. The van der Waals surface area contributed by atoms with Crippen LogP contribution in [0.3, 0.4) is 0 Å². The molecule has 174 valence electrons.